The number of hydrogen-bond acceptors (Lipinski definition) is 5. The second-order valence-electron chi connectivity index (χ2n) is 5.58. The number of hydrogen-bond donors (Lipinski definition) is 1. The average molecular weight is 377 g/mol. The SMILES string of the molecule is Cn1c(COc2ccc(C(N)=O)cn2)nnc1-c1ccccc1C(F)(F)F. The average Bonchev–Trinajstić information content (AvgIpc) is 3.00. The maximum Gasteiger partial charge on any atom is 0.417 e. The van der Waals surface area contributed by atoms with E-state index in [-0.39, 0.29) is 29.4 Å². The van der Waals surface area contributed by atoms with Gasteiger partial charge in [0.05, 0.1) is 11.1 Å². The molecule has 0 fully saturated rings. The summed E-state index contributed by atoms with van der Waals surface area (Å²) >= 11 is 0. The number of aromatic nitrogens is 4. The Hall–Kier alpha value is -3.43. The minimum atomic E-state index is -4.51. The van der Waals surface area contributed by atoms with Crippen LogP contribution in [0.25, 0.3) is 11.4 Å². The van der Waals surface area contributed by atoms with Crippen LogP contribution in [0.15, 0.2) is 42.6 Å². The maximum absolute atomic E-state index is 13.2. The van der Waals surface area contributed by atoms with Gasteiger partial charge in [-0.25, -0.2) is 4.98 Å². The molecule has 0 saturated heterocycles. The van der Waals surface area contributed by atoms with E-state index in [9.17, 15) is 18.0 Å². The van der Waals surface area contributed by atoms with Crippen molar-refractivity contribution in [3.8, 4) is 17.3 Å². The number of carbonyl (C=O) groups excluding carboxylic acids is 1. The lowest BCUT2D eigenvalue weighted by Crippen LogP contribution is -2.11. The first-order valence-electron chi connectivity index (χ1n) is 7.71. The minimum Gasteiger partial charge on any atom is -0.469 e. The van der Waals surface area contributed by atoms with E-state index in [1.807, 2.05) is 0 Å². The third kappa shape index (κ3) is 3.89. The Morgan fingerprint density at radius 3 is 2.56 bits per heavy atom. The predicted octanol–water partition coefficient (Wildman–Crippen LogP) is 2.57. The van der Waals surface area contributed by atoms with Crippen molar-refractivity contribution in [2.75, 3.05) is 0 Å². The number of ether oxygens (including phenoxy) is 1. The molecule has 3 aromatic rings. The smallest absolute Gasteiger partial charge is 0.417 e. The number of benzene rings is 1. The summed E-state index contributed by atoms with van der Waals surface area (Å²) in [5, 5.41) is 7.76. The van der Waals surface area contributed by atoms with Crippen LogP contribution in [-0.2, 0) is 19.8 Å². The molecule has 140 valence electrons. The van der Waals surface area contributed by atoms with E-state index in [1.54, 1.807) is 7.05 Å². The first kappa shape index (κ1) is 18.4. The lowest BCUT2D eigenvalue weighted by Gasteiger charge is -2.12. The van der Waals surface area contributed by atoms with Gasteiger partial charge in [-0.3, -0.25) is 4.79 Å². The van der Waals surface area contributed by atoms with E-state index in [2.05, 4.69) is 15.2 Å². The molecule has 0 unspecified atom stereocenters. The number of carbonyl (C=O) groups is 1. The van der Waals surface area contributed by atoms with Gasteiger partial charge in [-0.05, 0) is 12.1 Å². The van der Waals surface area contributed by atoms with Crippen LogP contribution in [0.3, 0.4) is 0 Å². The molecule has 2 heterocycles. The Morgan fingerprint density at radius 1 is 1.19 bits per heavy atom. The van der Waals surface area contributed by atoms with Crippen molar-refractivity contribution >= 4 is 5.91 Å². The predicted molar refractivity (Wildman–Crippen MR) is 88.5 cm³/mol. The monoisotopic (exact) mass is 377 g/mol. The lowest BCUT2D eigenvalue weighted by atomic mass is 10.1. The molecule has 0 aliphatic carbocycles. The fourth-order valence-electron chi connectivity index (χ4n) is 2.40. The molecule has 0 bridgehead atoms. The standard InChI is InChI=1S/C17H14F3N5O2/c1-25-13(9-27-14-7-6-10(8-22-14)15(21)26)23-24-16(25)11-4-2-3-5-12(11)17(18,19)20/h2-8H,9H2,1H3,(H2,21,26). The van der Waals surface area contributed by atoms with Gasteiger partial charge in [0.15, 0.2) is 11.6 Å². The third-order valence-corrected chi connectivity index (χ3v) is 3.81. The molecule has 0 aliphatic rings. The fraction of sp³-hybridized carbons (Fsp3) is 0.176. The van der Waals surface area contributed by atoms with Crippen molar-refractivity contribution < 1.29 is 22.7 Å². The molecule has 0 spiro atoms. The summed E-state index contributed by atoms with van der Waals surface area (Å²) in [5.74, 6) is -0.0307. The lowest BCUT2D eigenvalue weighted by molar-refractivity contribution is -0.137. The van der Waals surface area contributed by atoms with Gasteiger partial charge in [-0.15, -0.1) is 10.2 Å². The summed E-state index contributed by atoms with van der Waals surface area (Å²) < 4.78 is 46.5. The van der Waals surface area contributed by atoms with Crippen LogP contribution in [0.4, 0.5) is 13.2 Å². The molecule has 0 saturated carbocycles. The van der Waals surface area contributed by atoms with E-state index in [4.69, 9.17) is 10.5 Å². The summed E-state index contributed by atoms with van der Waals surface area (Å²) in [7, 11) is 1.55. The molecule has 1 aromatic carbocycles. The van der Waals surface area contributed by atoms with Gasteiger partial charge >= 0.3 is 6.18 Å². The second kappa shape index (κ2) is 7.06. The Morgan fingerprint density at radius 2 is 1.93 bits per heavy atom. The number of nitrogens with zero attached hydrogens (tertiary/aromatic N) is 4. The fourth-order valence-corrected chi connectivity index (χ4v) is 2.40. The van der Waals surface area contributed by atoms with Crippen LogP contribution in [0.2, 0.25) is 0 Å². The highest BCUT2D eigenvalue weighted by Gasteiger charge is 2.34. The molecular formula is C17H14F3N5O2. The van der Waals surface area contributed by atoms with Crippen molar-refractivity contribution in [3.05, 3.63) is 59.5 Å². The molecule has 0 radical (unpaired) electrons. The van der Waals surface area contributed by atoms with Crippen LogP contribution >= 0.6 is 0 Å². The number of rotatable bonds is 5. The number of pyridine rings is 1. The van der Waals surface area contributed by atoms with E-state index < -0.39 is 17.6 Å². The van der Waals surface area contributed by atoms with Crippen LogP contribution in [-0.4, -0.2) is 25.7 Å². The van der Waals surface area contributed by atoms with E-state index in [1.165, 1.54) is 41.1 Å². The third-order valence-electron chi connectivity index (χ3n) is 3.81. The molecule has 3 rings (SSSR count). The van der Waals surface area contributed by atoms with Crippen molar-refractivity contribution in [1.82, 2.24) is 19.7 Å². The summed E-state index contributed by atoms with van der Waals surface area (Å²) in [5.41, 5.74) is 4.49. The van der Waals surface area contributed by atoms with Crippen LogP contribution in [0, 0.1) is 0 Å². The zero-order valence-electron chi connectivity index (χ0n) is 14.1. The Bertz CT molecular complexity index is 967. The van der Waals surface area contributed by atoms with Gasteiger partial charge in [-0.2, -0.15) is 13.2 Å². The second-order valence-corrected chi connectivity index (χ2v) is 5.58. The normalized spacial score (nSPS) is 11.4. The molecular weight excluding hydrogens is 363 g/mol. The highest BCUT2D eigenvalue weighted by Crippen LogP contribution is 2.36. The molecule has 0 atom stereocenters. The quantitative estimate of drug-likeness (QED) is 0.737. The number of amides is 1. The van der Waals surface area contributed by atoms with Crippen LogP contribution < -0.4 is 10.5 Å². The van der Waals surface area contributed by atoms with Crippen LogP contribution in [0.1, 0.15) is 21.7 Å². The van der Waals surface area contributed by atoms with E-state index >= 15 is 0 Å². The maximum atomic E-state index is 13.2. The first-order chi connectivity index (χ1) is 12.8. The van der Waals surface area contributed by atoms with Crippen molar-refractivity contribution in [2.45, 2.75) is 12.8 Å². The highest BCUT2D eigenvalue weighted by molar-refractivity contribution is 5.92. The Kier molecular flexibility index (Phi) is 4.80. The Labute approximate surface area is 151 Å². The summed E-state index contributed by atoms with van der Waals surface area (Å²) in [6.45, 7) is -0.0688. The minimum absolute atomic E-state index is 0.0681. The zero-order valence-corrected chi connectivity index (χ0v) is 14.1. The van der Waals surface area contributed by atoms with Crippen molar-refractivity contribution in [2.24, 2.45) is 12.8 Å². The number of alkyl halides is 3. The molecule has 1 amide bonds. The first-order valence-corrected chi connectivity index (χ1v) is 7.71. The number of halogens is 3. The zero-order chi connectivity index (χ0) is 19.6. The van der Waals surface area contributed by atoms with Gasteiger partial charge in [0.2, 0.25) is 11.8 Å². The number of nitrogens with two attached hydrogens (primary N) is 1. The largest absolute Gasteiger partial charge is 0.469 e. The number of primary amides is 1. The van der Waals surface area contributed by atoms with Gasteiger partial charge in [-0.1, -0.05) is 18.2 Å². The Balaban J connectivity index is 1.81. The van der Waals surface area contributed by atoms with E-state index in [0.717, 1.165) is 6.07 Å². The topological polar surface area (TPSA) is 95.9 Å². The van der Waals surface area contributed by atoms with Gasteiger partial charge < -0.3 is 15.0 Å². The molecule has 10 heteroatoms. The van der Waals surface area contributed by atoms with Gasteiger partial charge in [0, 0.05) is 24.9 Å². The van der Waals surface area contributed by atoms with Gasteiger partial charge in [0.1, 0.15) is 6.61 Å². The summed E-state index contributed by atoms with van der Waals surface area (Å²) in [6, 6.07) is 8.04. The van der Waals surface area contributed by atoms with E-state index in [0.29, 0.717) is 5.82 Å². The van der Waals surface area contributed by atoms with Crippen molar-refractivity contribution in [1.29, 1.82) is 0 Å². The van der Waals surface area contributed by atoms with Crippen molar-refractivity contribution in [3.63, 3.8) is 0 Å². The molecule has 7 nitrogen and oxygen atoms in total. The van der Waals surface area contributed by atoms with Gasteiger partial charge in [0.25, 0.3) is 0 Å². The molecule has 0 aliphatic heterocycles. The molecule has 2 aromatic heterocycles. The highest BCUT2D eigenvalue weighted by atomic mass is 19.4. The molecule has 2 N–H and O–H groups in total. The summed E-state index contributed by atoms with van der Waals surface area (Å²) in [4.78, 5) is 14.9. The summed E-state index contributed by atoms with van der Waals surface area (Å²) in [6.07, 6.45) is -3.25. The van der Waals surface area contributed by atoms with Crippen LogP contribution in [0.5, 0.6) is 5.88 Å². The molecule has 27 heavy (non-hydrogen) atoms.